The maximum absolute atomic E-state index is 14.7. The number of carbonyl (C=O) groups is 2. The van der Waals surface area contributed by atoms with Crippen molar-refractivity contribution in [2.75, 3.05) is 11.9 Å². The summed E-state index contributed by atoms with van der Waals surface area (Å²) in [5.41, 5.74) is 1.98. The monoisotopic (exact) mass is 423 g/mol. The fourth-order valence-corrected chi connectivity index (χ4v) is 4.87. The van der Waals surface area contributed by atoms with Crippen LogP contribution >= 0.6 is 12.4 Å². The molecule has 1 aliphatic heterocycles. The van der Waals surface area contributed by atoms with Crippen LogP contribution in [0.4, 0.5) is 10.1 Å². The van der Waals surface area contributed by atoms with Crippen LogP contribution in [0.25, 0.3) is 0 Å². The van der Waals surface area contributed by atoms with Crippen LogP contribution in [0.5, 0.6) is 0 Å². The molecule has 160 valence electrons. The fraction of sp³-hybridized carbons (Fsp3) is 0.636. The number of halogens is 2. The fourth-order valence-electron chi connectivity index (χ4n) is 4.87. The summed E-state index contributed by atoms with van der Waals surface area (Å²) >= 11 is 0. The maximum atomic E-state index is 14.7. The van der Waals surface area contributed by atoms with Crippen LogP contribution in [0.1, 0.15) is 62.5 Å². The van der Waals surface area contributed by atoms with Crippen LogP contribution in [-0.2, 0) is 22.6 Å². The van der Waals surface area contributed by atoms with E-state index in [4.69, 9.17) is 0 Å². The van der Waals surface area contributed by atoms with E-state index in [-0.39, 0.29) is 47.9 Å². The molecule has 3 N–H and O–H groups in total. The predicted octanol–water partition coefficient (Wildman–Crippen LogP) is 3.70. The normalized spacial score (nSPS) is 24.3. The zero-order chi connectivity index (χ0) is 19.5. The zero-order valence-corrected chi connectivity index (χ0v) is 17.6. The Balaban J connectivity index is 0.00000240. The molecule has 1 heterocycles. The molecule has 0 unspecified atom stereocenters. The standard InChI is InChI=1S/C22H30FN3O2.ClH/c23-20-18-11-12-24-13-16(18)7-10-19(20)26-22(28)15-5-8-17(9-6-15)25-21(27)14-3-1-2-4-14;/h7,10,14-15,17,24H,1-6,8-9,11-13H2,(H,25,27)(H,26,28);1H. The highest BCUT2D eigenvalue weighted by atomic mass is 35.5. The van der Waals surface area contributed by atoms with Gasteiger partial charge in [-0.1, -0.05) is 18.9 Å². The van der Waals surface area contributed by atoms with Crippen molar-refractivity contribution in [3.8, 4) is 0 Å². The van der Waals surface area contributed by atoms with Crippen molar-refractivity contribution < 1.29 is 14.0 Å². The average molecular weight is 424 g/mol. The second-order valence-corrected chi connectivity index (χ2v) is 8.52. The maximum Gasteiger partial charge on any atom is 0.227 e. The smallest absolute Gasteiger partial charge is 0.227 e. The molecule has 1 aromatic carbocycles. The Bertz CT molecular complexity index is 744. The predicted molar refractivity (Wildman–Crippen MR) is 114 cm³/mol. The Morgan fingerprint density at radius 3 is 2.38 bits per heavy atom. The van der Waals surface area contributed by atoms with E-state index < -0.39 is 0 Å². The van der Waals surface area contributed by atoms with E-state index in [0.29, 0.717) is 18.7 Å². The molecule has 29 heavy (non-hydrogen) atoms. The molecule has 4 rings (SSSR count). The Labute approximate surface area is 178 Å². The number of rotatable bonds is 4. The molecule has 0 saturated heterocycles. The molecule has 0 aromatic heterocycles. The van der Waals surface area contributed by atoms with Gasteiger partial charge in [-0.25, -0.2) is 4.39 Å². The summed E-state index contributed by atoms with van der Waals surface area (Å²) in [4.78, 5) is 24.9. The topological polar surface area (TPSA) is 70.2 Å². The molecule has 1 aromatic rings. The largest absolute Gasteiger partial charge is 0.353 e. The quantitative estimate of drug-likeness (QED) is 0.691. The van der Waals surface area contributed by atoms with Crippen LogP contribution in [0.15, 0.2) is 12.1 Å². The van der Waals surface area contributed by atoms with Crippen molar-refractivity contribution in [3.05, 3.63) is 29.1 Å². The van der Waals surface area contributed by atoms with Gasteiger partial charge in [-0.15, -0.1) is 12.4 Å². The summed E-state index contributed by atoms with van der Waals surface area (Å²) in [6.45, 7) is 1.44. The minimum atomic E-state index is -0.287. The van der Waals surface area contributed by atoms with E-state index in [1.807, 2.05) is 6.07 Å². The lowest BCUT2D eigenvalue weighted by atomic mass is 9.85. The third-order valence-electron chi connectivity index (χ3n) is 6.64. The van der Waals surface area contributed by atoms with E-state index in [2.05, 4.69) is 16.0 Å². The highest BCUT2D eigenvalue weighted by Gasteiger charge is 2.30. The van der Waals surface area contributed by atoms with Crippen molar-refractivity contribution in [1.29, 1.82) is 0 Å². The van der Waals surface area contributed by atoms with Crippen LogP contribution < -0.4 is 16.0 Å². The number of nitrogens with one attached hydrogen (secondary N) is 3. The summed E-state index contributed by atoms with van der Waals surface area (Å²) in [6, 6.07) is 3.74. The summed E-state index contributed by atoms with van der Waals surface area (Å²) in [5.74, 6) is -0.130. The van der Waals surface area contributed by atoms with E-state index in [9.17, 15) is 14.0 Å². The van der Waals surface area contributed by atoms with Gasteiger partial charge >= 0.3 is 0 Å². The summed E-state index contributed by atoms with van der Waals surface area (Å²) in [7, 11) is 0. The van der Waals surface area contributed by atoms with E-state index >= 15 is 0 Å². The Morgan fingerprint density at radius 1 is 0.966 bits per heavy atom. The molecule has 0 bridgehead atoms. The summed E-state index contributed by atoms with van der Waals surface area (Å²) < 4.78 is 14.7. The summed E-state index contributed by atoms with van der Waals surface area (Å²) in [6.07, 6.45) is 8.07. The Morgan fingerprint density at radius 2 is 1.66 bits per heavy atom. The first kappa shape index (κ1) is 22.0. The van der Waals surface area contributed by atoms with Crippen LogP contribution in [0.3, 0.4) is 0 Å². The third-order valence-corrected chi connectivity index (χ3v) is 6.64. The van der Waals surface area contributed by atoms with Gasteiger partial charge in [0, 0.05) is 24.4 Å². The molecule has 2 aliphatic carbocycles. The summed E-state index contributed by atoms with van der Waals surface area (Å²) in [5, 5.41) is 9.22. The first-order chi connectivity index (χ1) is 13.6. The zero-order valence-electron chi connectivity index (χ0n) is 16.8. The number of anilines is 1. The van der Waals surface area contributed by atoms with Gasteiger partial charge in [-0.3, -0.25) is 9.59 Å². The number of hydrogen-bond acceptors (Lipinski definition) is 3. The van der Waals surface area contributed by atoms with Gasteiger partial charge in [0.05, 0.1) is 5.69 Å². The van der Waals surface area contributed by atoms with E-state index in [1.54, 1.807) is 6.07 Å². The van der Waals surface area contributed by atoms with Crippen molar-refractivity contribution in [1.82, 2.24) is 10.6 Å². The number of amides is 2. The minimum Gasteiger partial charge on any atom is -0.353 e. The van der Waals surface area contributed by atoms with Gasteiger partial charge < -0.3 is 16.0 Å². The van der Waals surface area contributed by atoms with Gasteiger partial charge in [-0.05, 0) is 68.7 Å². The highest BCUT2D eigenvalue weighted by molar-refractivity contribution is 5.93. The molecule has 2 amide bonds. The molecule has 0 atom stereocenters. The van der Waals surface area contributed by atoms with Crippen molar-refractivity contribution in [2.24, 2.45) is 11.8 Å². The Hall–Kier alpha value is -1.66. The number of carbonyl (C=O) groups excluding carboxylic acids is 2. The molecular formula is C22H31ClFN3O2. The van der Waals surface area contributed by atoms with Crippen LogP contribution in [-0.4, -0.2) is 24.4 Å². The third kappa shape index (κ3) is 5.10. The van der Waals surface area contributed by atoms with Crippen molar-refractivity contribution in [2.45, 2.75) is 70.4 Å². The van der Waals surface area contributed by atoms with Gasteiger partial charge in [0.1, 0.15) is 5.82 Å². The molecule has 2 fully saturated rings. The van der Waals surface area contributed by atoms with Crippen molar-refractivity contribution >= 4 is 29.9 Å². The van der Waals surface area contributed by atoms with Gasteiger partial charge in [0.15, 0.2) is 0 Å². The molecule has 5 nitrogen and oxygen atoms in total. The second kappa shape index (κ2) is 9.90. The van der Waals surface area contributed by atoms with Gasteiger partial charge in [0.2, 0.25) is 11.8 Å². The SMILES string of the molecule is Cl.O=C(Nc1ccc2c(c1F)CCNC2)C1CCC(NC(=O)C2CCCC2)CC1. The Kier molecular flexibility index (Phi) is 7.52. The number of hydrogen-bond donors (Lipinski definition) is 3. The van der Waals surface area contributed by atoms with Crippen LogP contribution in [0.2, 0.25) is 0 Å². The molecule has 2 saturated carbocycles. The van der Waals surface area contributed by atoms with Gasteiger partial charge in [0.25, 0.3) is 0 Å². The number of fused-ring (bicyclic) bond motifs is 1. The molecule has 0 spiro atoms. The van der Waals surface area contributed by atoms with Crippen LogP contribution in [0, 0.1) is 17.7 Å². The lowest BCUT2D eigenvalue weighted by Crippen LogP contribution is -2.41. The van der Waals surface area contributed by atoms with Gasteiger partial charge in [-0.2, -0.15) is 0 Å². The molecule has 7 heteroatoms. The second-order valence-electron chi connectivity index (χ2n) is 8.52. The van der Waals surface area contributed by atoms with Crippen molar-refractivity contribution in [3.63, 3.8) is 0 Å². The lowest BCUT2D eigenvalue weighted by molar-refractivity contribution is -0.125. The lowest BCUT2D eigenvalue weighted by Gasteiger charge is -2.29. The molecule has 0 radical (unpaired) electrons. The molecule has 3 aliphatic rings. The number of benzene rings is 1. The first-order valence-electron chi connectivity index (χ1n) is 10.7. The van der Waals surface area contributed by atoms with E-state index in [1.165, 1.54) is 0 Å². The first-order valence-corrected chi connectivity index (χ1v) is 10.7. The highest BCUT2D eigenvalue weighted by Crippen LogP contribution is 2.30. The minimum absolute atomic E-state index is 0. The molecular weight excluding hydrogens is 393 g/mol. The average Bonchev–Trinajstić information content (AvgIpc) is 3.26. The van der Waals surface area contributed by atoms with E-state index in [0.717, 1.165) is 69.0 Å².